The maximum atomic E-state index is 5.50. The molecule has 0 spiro atoms. The Kier molecular flexibility index (Phi) is 5.50. The van der Waals surface area contributed by atoms with E-state index in [1.54, 1.807) is 0 Å². The maximum Gasteiger partial charge on any atom is 0.213 e. The van der Waals surface area contributed by atoms with Crippen LogP contribution in [0.5, 0.6) is 0 Å². The second-order valence-electron chi connectivity index (χ2n) is 3.74. The van der Waals surface area contributed by atoms with Gasteiger partial charge in [-0.15, -0.1) is 0 Å². The average Bonchev–Trinajstić information content (AvgIpc) is 2.05. The molecule has 0 rings (SSSR count). The van der Waals surface area contributed by atoms with Gasteiger partial charge in [0.2, 0.25) is 8.32 Å². The highest BCUT2D eigenvalue weighted by atomic mass is 28.4. The van der Waals surface area contributed by atoms with E-state index < -0.39 is 8.32 Å². The summed E-state index contributed by atoms with van der Waals surface area (Å²) in [5.74, 6) is 0. The van der Waals surface area contributed by atoms with Crippen LogP contribution in [0.2, 0.25) is 13.1 Å². The molecule has 0 atom stereocenters. The summed E-state index contributed by atoms with van der Waals surface area (Å²) >= 11 is 0. The first-order valence-electron chi connectivity index (χ1n) is 4.77. The highest BCUT2D eigenvalue weighted by molar-refractivity contribution is 6.78. The van der Waals surface area contributed by atoms with Crippen LogP contribution < -0.4 is 0 Å². The average molecular weight is 186 g/mol. The second-order valence-corrected chi connectivity index (χ2v) is 7.96. The van der Waals surface area contributed by atoms with Gasteiger partial charge in [-0.1, -0.05) is 31.0 Å². The predicted octanol–water partition coefficient (Wildman–Crippen LogP) is 3.51. The van der Waals surface area contributed by atoms with Gasteiger partial charge in [-0.2, -0.15) is 0 Å². The van der Waals surface area contributed by atoms with Crippen molar-refractivity contribution in [2.45, 2.75) is 46.2 Å². The van der Waals surface area contributed by atoms with Crippen molar-refractivity contribution in [3.8, 4) is 0 Å². The minimum atomic E-state index is -1.47. The lowest BCUT2D eigenvalue weighted by atomic mass is 10.2. The van der Waals surface area contributed by atoms with Crippen molar-refractivity contribution >= 4 is 8.32 Å². The zero-order valence-corrected chi connectivity index (χ0v) is 10.1. The van der Waals surface area contributed by atoms with Crippen LogP contribution in [-0.2, 0) is 4.43 Å². The summed E-state index contributed by atoms with van der Waals surface area (Å²) in [5, 5.41) is 1.47. The quantitative estimate of drug-likeness (QED) is 0.471. The Labute approximate surface area is 78.0 Å². The van der Waals surface area contributed by atoms with Crippen molar-refractivity contribution in [3.05, 3.63) is 11.3 Å². The summed E-state index contributed by atoms with van der Waals surface area (Å²) in [6, 6.07) is 0. The van der Waals surface area contributed by atoms with Gasteiger partial charge in [-0.25, -0.2) is 0 Å². The molecule has 1 nitrogen and oxygen atoms in total. The first kappa shape index (κ1) is 11.9. The van der Waals surface area contributed by atoms with Gasteiger partial charge < -0.3 is 4.43 Å². The van der Waals surface area contributed by atoms with Crippen molar-refractivity contribution in [1.82, 2.24) is 0 Å². The summed E-state index contributed by atoms with van der Waals surface area (Å²) < 4.78 is 5.50. The molecule has 0 heterocycles. The first-order chi connectivity index (χ1) is 5.54. The summed E-state index contributed by atoms with van der Waals surface area (Å²) in [7, 11) is 0.353. The van der Waals surface area contributed by atoms with E-state index >= 15 is 0 Å². The number of unbranched alkanes of at least 4 members (excludes halogenated alkanes) is 2. The molecule has 72 valence electrons. The van der Waals surface area contributed by atoms with E-state index in [0.717, 1.165) is 0 Å². The molecule has 0 bridgehead atoms. The van der Waals surface area contributed by atoms with Gasteiger partial charge in [0.1, 0.15) is 0 Å². The molecule has 12 heavy (non-hydrogen) atoms. The third-order valence-electron chi connectivity index (χ3n) is 2.47. The lowest BCUT2D eigenvalue weighted by Gasteiger charge is -2.20. The monoisotopic (exact) mass is 186 g/mol. The Morgan fingerprint density at radius 1 is 1.42 bits per heavy atom. The standard InChI is InChI=1S/C10H22OSi/c1-6-7-8-9-10(2)12(4,5)11-3/h9H,6-8H2,1-5H3/b10-9+. The normalized spacial score (nSPS) is 13.6. The molecule has 0 aliphatic carbocycles. The molecule has 0 saturated heterocycles. The Hall–Kier alpha value is -0.0831. The molecular weight excluding hydrogens is 164 g/mol. The Bertz CT molecular complexity index is 150. The number of allylic oxidation sites excluding steroid dienone is 2. The molecule has 0 aliphatic heterocycles. The van der Waals surface area contributed by atoms with E-state index in [0.29, 0.717) is 0 Å². The van der Waals surface area contributed by atoms with Crippen molar-refractivity contribution in [1.29, 1.82) is 0 Å². The van der Waals surface area contributed by atoms with Crippen LogP contribution in [0, 0.1) is 0 Å². The fourth-order valence-electron chi connectivity index (χ4n) is 0.929. The molecule has 0 unspecified atom stereocenters. The lowest BCUT2D eigenvalue weighted by Crippen LogP contribution is -2.30. The zero-order chi connectivity index (χ0) is 9.61. The molecule has 0 saturated carbocycles. The van der Waals surface area contributed by atoms with E-state index in [9.17, 15) is 0 Å². The van der Waals surface area contributed by atoms with Gasteiger partial charge in [0.25, 0.3) is 0 Å². The number of rotatable bonds is 5. The minimum Gasteiger partial charge on any atom is -0.416 e. The Morgan fingerprint density at radius 2 is 2.00 bits per heavy atom. The first-order valence-corrected chi connectivity index (χ1v) is 7.67. The van der Waals surface area contributed by atoms with Crippen LogP contribution in [0.25, 0.3) is 0 Å². The van der Waals surface area contributed by atoms with Crippen LogP contribution in [0.1, 0.15) is 33.1 Å². The molecular formula is C10H22OSi. The Balaban J connectivity index is 3.98. The topological polar surface area (TPSA) is 9.23 Å². The van der Waals surface area contributed by atoms with Gasteiger partial charge >= 0.3 is 0 Å². The molecule has 2 heteroatoms. The van der Waals surface area contributed by atoms with Crippen LogP contribution in [0.15, 0.2) is 11.3 Å². The zero-order valence-electron chi connectivity index (χ0n) is 9.11. The van der Waals surface area contributed by atoms with Crippen molar-refractivity contribution < 1.29 is 4.43 Å². The van der Waals surface area contributed by atoms with Crippen molar-refractivity contribution in [2.75, 3.05) is 7.11 Å². The number of hydrogen-bond acceptors (Lipinski definition) is 1. The molecule has 0 aromatic carbocycles. The second kappa shape index (κ2) is 5.54. The molecule has 0 aromatic rings. The highest BCUT2D eigenvalue weighted by Gasteiger charge is 2.22. The smallest absolute Gasteiger partial charge is 0.213 e. The third-order valence-corrected chi connectivity index (χ3v) is 5.59. The van der Waals surface area contributed by atoms with E-state index in [-0.39, 0.29) is 0 Å². The Morgan fingerprint density at radius 3 is 2.42 bits per heavy atom. The van der Waals surface area contributed by atoms with Gasteiger partial charge in [0.05, 0.1) is 0 Å². The van der Waals surface area contributed by atoms with Crippen LogP contribution in [0.4, 0.5) is 0 Å². The SMILES string of the molecule is CCCC/C=C(\C)[Si](C)(C)OC. The fraction of sp³-hybridized carbons (Fsp3) is 0.800. The maximum absolute atomic E-state index is 5.50. The fourth-order valence-corrected chi connectivity index (χ4v) is 1.89. The van der Waals surface area contributed by atoms with Gasteiger partial charge in [-0.3, -0.25) is 0 Å². The minimum absolute atomic E-state index is 1.21. The largest absolute Gasteiger partial charge is 0.416 e. The van der Waals surface area contributed by atoms with Gasteiger partial charge in [0, 0.05) is 7.11 Å². The molecule has 0 amide bonds. The van der Waals surface area contributed by atoms with E-state index in [1.807, 2.05) is 7.11 Å². The summed E-state index contributed by atoms with van der Waals surface area (Å²) in [4.78, 5) is 0. The number of hydrogen-bond donors (Lipinski definition) is 0. The molecule has 0 radical (unpaired) electrons. The van der Waals surface area contributed by atoms with E-state index in [2.05, 4.69) is 33.0 Å². The summed E-state index contributed by atoms with van der Waals surface area (Å²) in [6.45, 7) is 8.91. The summed E-state index contributed by atoms with van der Waals surface area (Å²) in [6.07, 6.45) is 6.13. The van der Waals surface area contributed by atoms with Gasteiger partial charge in [-0.05, 0) is 26.4 Å². The van der Waals surface area contributed by atoms with Crippen molar-refractivity contribution in [3.63, 3.8) is 0 Å². The highest BCUT2D eigenvalue weighted by Crippen LogP contribution is 2.15. The predicted molar refractivity (Wildman–Crippen MR) is 57.8 cm³/mol. The van der Waals surface area contributed by atoms with Crippen LogP contribution >= 0.6 is 0 Å². The van der Waals surface area contributed by atoms with E-state index in [1.165, 1.54) is 24.5 Å². The molecule has 0 aliphatic rings. The molecule has 0 fully saturated rings. The molecule has 0 aromatic heterocycles. The lowest BCUT2D eigenvalue weighted by molar-refractivity contribution is 0.412. The van der Waals surface area contributed by atoms with E-state index in [4.69, 9.17) is 4.43 Å². The molecule has 0 N–H and O–H groups in total. The van der Waals surface area contributed by atoms with Crippen LogP contribution in [0.3, 0.4) is 0 Å². The van der Waals surface area contributed by atoms with Gasteiger partial charge in [0.15, 0.2) is 0 Å². The summed E-state index contributed by atoms with van der Waals surface area (Å²) in [5.41, 5.74) is 0. The van der Waals surface area contributed by atoms with Crippen LogP contribution in [-0.4, -0.2) is 15.4 Å². The third kappa shape index (κ3) is 4.07. The van der Waals surface area contributed by atoms with Crippen molar-refractivity contribution in [2.24, 2.45) is 0 Å².